The number of ether oxygens (including phenoxy) is 16. The van der Waals surface area contributed by atoms with Gasteiger partial charge in [-0.15, -0.1) is 10.1 Å². The zero-order valence-corrected chi connectivity index (χ0v) is 50.3. The normalized spacial score (nSPS) is 14.3. The Kier molecular flexibility index (Phi) is 46.3. The molecule has 2 saturated heterocycles. The average Bonchev–Trinajstić information content (AvgIpc) is 3.63. The smallest absolute Gasteiger partial charge is 0.335 e. The molecule has 2 fully saturated rings. The van der Waals surface area contributed by atoms with E-state index in [4.69, 9.17) is 85.5 Å². The van der Waals surface area contributed by atoms with Gasteiger partial charge in [0, 0.05) is 63.9 Å². The van der Waals surface area contributed by atoms with Crippen molar-refractivity contribution in [3.8, 4) is 0 Å². The van der Waals surface area contributed by atoms with Gasteiger partial charge in [0.1, 0.15) is 0 Å². The van der Waals surface area contributed by atoms with E-state index in [1.165, 1.54) is 17.1 Å². The number of hydrogen-bond acceptors (Lipinski definition) is 27. The van der Waals surface area contributed by atoms with Gasteiger partial charge < -0.3 is 90.4 Å². The number of hydroxylamine groups is 4. The highest BCUT2D eigenvalue weighted by molar-refractivity contribution is 6.12. The molecule has 3 aliphatic rings. The van der Waals surface area contributed by atoms with Crippen molar-refractivity contribution in [3.63, 3.8) is 0 Å². The molecule has 0 unspecified atom stereocenters. The minimum atomic E-state index is -0.719. The molecule has 0 atom stereocenters. The fourth-order valence-electron chi connectivity index (χ4n) is 7.45. The summed E-state index contributed by atoms with van der Waals surface area (Å²) in [7, 11) is 0. The molecule has 31 nitrogen and oxygen atoms in total. The lowest BCUT2D eigenvalue weighted by Crippen LogP contribution is -2.37. The van der Waals surface area contributed by atoms with Crippen molar-refractivity contribution in [2.24, 2.45) is 0 Å². The summed E-state index contributed by atoms with van der Waals surface area (Å²) in [6.45, 7) is 12.2. The first-order valence-electron chi connectivity index (χ1n) is 29.7. The van der Waals surface area contributed by atoms with Crippen molar-refractivity contribution >= 4 is 53.3 Å². The van der Waals surface area contributed by atoms with Crippen LogP contribution in [0.4, 0.5) is 0 Å². The monoisotopic (exact) mass is 1250 g/mol. The lowest BCUT2D eigenvalue weighted by atomic mass is 10.1. The van der Waals surface area contributed by atoms with Crippen LogP contribution in [0.3, 0.4) is 0 Å². The Morgan fingerprint density at radius 2 is 0.552 bits per heavy atom. The molecule has 3 aliphatic heterocycles. The molecule has 0 spiro atoms. The van der Waals surface area contributed by atoms with E-state index in [0.29, 0.717) is 240 Å². The molecule has 3 heterocycles. The van der Waals surface area contributed by atoms with E-state index >= 15 is 0 Å². The summed E-state index contributed by atoms with van der Waals surface area (Å²) in [5.74, 6) is -4.22. The van der Waals surface area contributed by atoms with Crippen LogP contribution in [0, 0.1) is 0 Å². The zero-order chi connectivity index (χ0) is 62.5. The second-order valence-electron chi connectivity index (χ2n) is 18.7. The Bertz CT molecular complexity index is 1800. The number of hydrogen-bond donors (Lipinski definition) is 0. The quantitative estimate of drug-likeness (QED) is 0.0550. The van der Waals surface area contributed by atoms with Crippen LogP contribution in [0.1, 0.15) is 64.2 Å². The Balaban J connectivity index is 1.05. The van der Waals surface area contributed by atoms with Crippen molar-refractivity contribution in [2.45, 2.75) is 64.2 Å². The summed E-state index contributed by atoms with van der Waals surface area (Å²) < 4.78 is 88.2. The fraction of sp³-hybridized carbons (Fsp3) is 0.804. The topological polar surface area (TPSA) is 333 Å². The van der Waals surface area contributed by atoms with Crippen molar-refractivity contribution < 1.29 is 129 Å². The van der Waals surface area contributed by atoms with Gasteiger partial charge >= 0.3 is 11.9 Å². The van der Waals surface area contributed by atoms with Crippen LogP contribution in [-0.4, -0.2) is 304 Å². The third kappa shape index (κ3) is 40.2. The molecule has 0 aromatic rings. The molecule has 498 valence electrons. The summed E-state index contributed by atoms with van der Waals surface area (Å²) in [6, 6.07) is 0. The lowest BCUT2D eigenvalue weighted by Gasteiger charge is -2.23. The van der Waals surface area contributed by atoms with E-state index in [1.807, 2.05) is 0 Å². The first-order chi connectivity index (χ1) is 42.6. The molecule has 0 bridgehead atoms. The Morgan fingerprint density at radius 1 is 0.310 bits per heavy atom. The fourth-order valence-corrected chi connectivity index (χ4v) is 7.45. The summed E-state index contributed by atoms with van der Waals surface area (Å²) in [5.41, 5.74) is 0. The molecule has 0 saturated carbocycles. The van der Waals surface area contributed by atoms with Gasteiger partial charge in [0.2, 0.25) is 5.91 Å². The van der Waals surface area contributed by atoms with Gasteiger partial charge in [-0.3, -0.25) is 38.5 Å². The minimum Gasteiger partial charge on any atom is -0.378 e. The molecular weight excluding hydrogens is 1160 g/mol. The summed E-state index contributed by atoms with van der Waals surface area (Å²) >= 11 is 0. The van der Waals surface area contributed by atoms with E-state index in [0.717, 1.165) is 0 Å². The van der Waals surface area contributed by atoms with Crippen LogP contribution in [-0.2, 0) is 129 Å². The minimum absolute atomic E-state index is 0.0394. The number of nitrogens with zero attached hydrogens (tertiary/aromatic N) is 4. The van der Waals surface area contributed by atoms with Gasteiger partial charge in [0.15, 0.2) is 0 Å². The molecule has 0 aromatic heterocycles. The molecule has 0 radical (unpaired) electrons. The van der Waals surface area contributed by atoms with Crippen LogP contribution < -0.4 is 0 Å². The van der Waals surface area contributed by atoms with Crippen molar-refractivity contribution in [1.82, 2.24) is 19.9 Å². The lowest BCUT2D eigenvalue weighted by molar-refractivity contribution is -0.198. The molecule has 3 rings (SSSR count). The van der Waals surface area contributed by atoms with Crippen LogP contribution in [0.15, 0.2) is 12.2 Å². The van der Waals surface area contributed by atoms with E-state index in [9.17, 15) is 43.2 Å². The standard InChI is InChI=1S/C56H92N4O27/c61-48(4-2-1-3-13-58-49(62)5-6-50(58)63)57(14-18-72-22-26-76-30-34-80-38-42-84-46-44-82-40-36-78-32-28-74-24-20-70-16-11-55(68)86-59-51(64)7-8-52(59)65)15-19-73-23-27-77-31-35-81-39-43-85-47-45-83-41-37-79-33-29-75-25-21-71-17-12-56(69)87-60-53(66)9-10-54(60)67/h5-6H,1-4,7-47H2. The summed E-state index contributed by atoms with van der Waals surface area (Å²) in [4.78, 5) is 119. The maximum atomic E-state index is 13.2. The van der Waals surface area contributed by atoms with Gasteiger partial charge in [-0.2, -0.15) is 0 Å². The van der Waals surface area contributed by atoms with Crippen LogP contribution in [0.2, 0.25) is 0 Å². The second kappa shape index (κ2) is 52.8. The summed E-state index contributed by atoms with van der Waals surface area (Å²) in [5, 5.41) is 1.01. The number of rotatable bonds is 62. The first-order valence-corrected chi connectivity index (χ1v) is 29.7. The van der Waals surface area contributed by atoms with Crippen molar-refractivity contribution in [2.75, 3.05) is 231 Å². The number of unbranched alkanes of at least 4 members (excludes halogenated alkanes) is 2. The van der Waals surface area contributed by atoms with Gasteiger partial charge in [0.05, 0.1) is 224 Å². The van der Waals surface area contributed by atoms with E-state index in [1.54, 1.807) is 4.90 Å². The predicted molar refractivity (Wildman–Crippen MR) is 298 cm³/mol. The number of carbonyl (C=O) groups excluding carboxylic acids is 9. The molecule has 31 heteroatoms. The van der Waals surface area contributed by atoms with Crippen molar-refractivity contribution in [1.29, 1.82) is 0 Å². The van der Waals surface area contributed by atoms with Crippen LogP contribution in [0.5, 0.6) is 0 Å². The average molecular weight is 1250 g/mol. The van der Waals surface area contributed by atoms with Gasteiger partial charge in [-0.25, -0.2) is 9.59 Å². The Hall–Kier alpha value is -5.07. The maximum Gasteiger partial charge on any atom is 0.335 e. The SMILES string of the molecule is O=C(CCOCCOCCOCCOCCOCCOCCOCCOCCN(CCOCCOCCOCCOCCOCCOCCOCCOCCC(=O)ON1C(=O)CCC1=O)C(=O)CCCCCN1C(=O)C=CC1=O)ON1C(=O)CCC1=O. The highest BCUT2D eigenvalue weighted by atomic mass is 16.7. The maximum absolute atomic E-state index is 13.2. The number of amides is 7. The largest absolute Gasteiger partial charge is 0.378 e. The predicted octanol–water partition coefficient (Wildman–Crippen LogP) is -0.439. The Morgan fingerprint density at radius 3 is 0.816 bits per heavy atom. The summed E-state index contributed by atoms with van der Waals surface area (Å²) in [6.07, 6.45) is 4.68. The number of imide groups is 3. The second-order valence-corrected chi connectivity index (χ2v) is 18.7. The third-order valence-corrected chi connectivity index (χ3v) is 12.0. The van der Waals surface area contributed by atoms with Gasteiger partial charge in [-0.05, 0) is 12.8 Å². The zero-order valence-electron chi connectivity index (χ0n) is 50.3. The Labute approximate surface area is 508 Å². The molecule has 87 heavy (non-hydrogen) atoms. The number of carbonyl (C=O) groups is 9. The van der Waals surface area contributed by atoms with E-state index < -0.39 is 35.6 Å². The van der Waals surface area contributed by atoms with Gasteiger partial charge in [0.25, 0.3) is 35.4 Å². The van der Waals surface area contributed by atoms with Crippen LogP contribution in [0.25, 0.3) is 0 Å². The molecule has 7 amide bonds. The van der Waals surface area contributed by atoms with Crippen molar-refractivity contribution in [3.05, 3.63) is 12.2 Å². The van der Waals surface area contributed by atoms with Crippen LogP contribution >= 0.6 is 0 Å². The molecule has 0 N–H and O–H groups in total. The van der Waals surface area contributed by atoms with E-state index in [-0.39, 0.29) is 82.7 Å². The molecule has 0 aromatic carbocycles. The molecule has 0 aliphatic carbocycles. The third-order valence-electron chi connectivity index (χ3n) is 12.0. The van der Waals surface area contributed by atoms with E-state index in [2.05, 4.69) is 0 Å². The molecular formula is C56H92N4O27. The highest BCUT2D eigenvalue weighted by Crippen LogP contribution is 2.14. The first kappa shape index (κ1) is 76.2. The van der Waals surface area contributed by atoms with Gasteiger partial charge in [-0.1, -0.05) is 6.42 Å². The highest BCUT2D eigenvalue weighted by Gasteiger charge is 2.34.